The molecule has 2 fully saturated rings. The van der Waals surface area contributed by atoms with E-state index in [-0.39, 0.29) is 17.6 Å². The Bertz CT molecular complexity index is 718. The van der Waals surface area contributed by atoms with E-state index in [0.717, 1.165) is 24.9 Å². The first-order valence-corrected chi connectivity index (χ1v) is 8.12. The Labute approximate surface area is 135 Å². The lowest BCUT2D eigenvalue weighted by molar-refractivity contribution is 0.0634. The summed E-state index contributed by atoms with van der Waals surface area (Å²) in [6.45, 7) is 1.66. The van der Waals surface area contributed by atoms with Crippen LogP contribution in [0.15, 0.2) is 54.6 Å². The monoisotopic (exact) mass is 310 g/mol. The smallest absolute Gasteiger partial charge is 0.258 e. The third kappa shape index (κ3) is 2.43. The van der Waals surface area contributed by atoms with Crippen LogP contribution in [0.4, 0.5) is 4.39 Å². The van der Waals surface area contributed by atoms with Crippen LogP contribution in [0.3, 0.4) is 0 Å². The Morgan fingerprint density at radius 3 is 2.57 bits per heavy atom. The van der Waals surface area contributed by atoms with Crippen LogP contribution in [0.1, 0.15) is 34.9 Å². The molecule has 2 unspecified atom stereocenters. The van der Waals surface area contributed by atoms with Crippen LogP contribution >= 0.6 is 0 Å². The second-order valence-electron chi connectivity index (χ2n) is 6.26. The molecule has 118 valence electrons. The lowest BCUT2D eigenvalue weighted by atomic mass is 10.1. The standard InChI is InChI=1S/C19H19FN2O/c20-17-11-5-4-10-16(17)19(23)22-13-15-9-6-12-21(15)18(22)14-7-2-1-3-8-14/h1-5,7-8,10-11,15,18H,6,9,12-13H2. The summed E-state index contributed by atoms with van der Waals surface area (Å²) in [5.41, 5.74) is 1.26. The maximum atomic E-state index is 14.1. The number of rotatable bonds is 2. The number of halogens is 1. The SMILES string of the molecule is O=C(c1ccccc1F)N1CC2CCCN2C1c1ccccc1. The number of carbonyl (C=O) groups is 1. The van der Waals surface area contributed by atoms with Crippen molar-refractivity contribution in [2.24, 2.45) is 0 Å². The van der Waals surface area contributed by atoms with Gasteiger partial charge in [0.1, 0.15) is 12.0 Å². The van der Waals surface area contributed by atoms with E-state index >= 15 is 0 Å². The molecule has 3 nitrogen and oxygen atoms in total. The van der Waals surface area contributed by atoms with E-state index in [2.05, 4.69) is 4.90 Å². The Hall–Kier alpha value is -2.20. The Morgan fingerprint density at radius 2 is 1.78 bits per heavy atom. The van der Waals surface area contributed by atoms with Crippen molar-refractivity contribution in [2.45, 2.75) is 25.0 Å². The summed E-state index contributed by atoms with van der Waals surface area (Å²) < 4.78 is 14.1. The quantitative estimate of drug-likeness (QED) is 0.848. The minimum Gasteiger partial charge on any atom is -0.317 e. The Balaban J connectivity index is 1.72. The van der Waals surface area contributed by atoms with Gasteiger partial charge in [0.15, 0.2) is 0 Å². The van der Waals surface area contributed by atoms with Gasteiger partial charge in [-0.05, 0) is 30.5 Å². The maximum Gasteiger partial charge on any atom is 0.258 e. The van der Waals surface area contributed by atoms with Crippen molar-refractivity contribution in [3.63, 3.8) is 0 Å². The van der Waals surface area contributed by atoms with Crippen LogP contribution < -0.4 is 0 Å². The molecular weight excluding hydrogens is 291 g/mol. The second-order valence-corrected chi connectivity index (χ2v) is 6.26. The predicted molar refractivity (Wildman–Crippen MR) is 86.3 cm³/mol. The summed E-state index contributed by atoms with van der Waals surface area (Å²) in [6.07, 6.45) is 2.18. The molecule has 0 saturated carbocycles. The fourth-order valence-electron chi connectivity index (χ4n) is 3.86. The summed E-state index contributed by atoms with van der Waals surface area (Å²) in [5, 5.41) is 0. The largest absolute Gasteiger partial charge is 0.317 e. The van der Waals surface area contributed by atoms with E-state index in [1.54, 1.807) is 18.2 Å². The minimum atomic E-state index is -0.448. The summed E-state index contributed by atoms with van der Waals surface area (Å²) >= 11 is 0. The summed E-state index contributed by atoms with van der Waals surface area (Å²) in [7, 11) is 0. The molecule has 2 atom stereocenters. The lowest BCUT2D eigenvalue weighted by Gasteiger charge is -2.30. The molecule has 2 aliphatic rings. The molecule has 2 aromatic carbocycles. The molecule has 4 rings (SSSR count). The number of fused-ring (bicyclic) bond motifs is 1. The van der Waals surface area contributed by atoms with Crippen molar-refractivity contribution in [3.05, 3.63) is 71.5 Å². The average Bonchev–Trinajstić information content (AvgIpc) is 3.16. The van der Waals surface area contributed by atoms with Gasteiger partial charge in [0.25, 0.3) is 5.91 Å². The summed E-state index contributed by atoms with van der Waals surface area (Å²) in [6, 6.07) is 16.7. The molecule has 4 heteroatoms. The van der Waals surface area contributed by atoms with Crippen molar-refractivity contribution in [1.82, 2.24) is 9.80 Å². The van der Waals surface area contributed by atoms with Gasteiger partial charge in [0.2, 0.25) is 0 Å². The maximum absolute atomic E-state index is 14.1. The molecule has 23 heavy (non-hydrogen) atoms. The first-order valence-electron chi connectivity index (χ1n) is 8.12. The molecule has 0 aromatic heterocycles. The Kier molecular flexibility index (Phi) is 3.62. The third-order valence-electron chi connectivity index (χ3n) is 4.90. The zero-order chi connectivity index (χ0) is 15.8. The molecule has 0 radical (unpaired) electrons. The van der Waals surface area contributed by atoms with Crippen molar-refractivity contribution in [2.75, 3.05) is 13.1 Å². The van der Waals surface area contributed by atoms with E-state index in [1.165, 1.54) is 6.07 Å². The number of benzene rings is 2. The normalized spacial score (nSPS) is 24.0. The molecule has 2 aromatic rings. The number of carbonyl (C=O) groups excluding carboxylic acids is 1. The van der Waals surface area contributed by atoms with Gasteiger partial charge in [-0.2, -0.15) is 0 Å². The van der Waals surface area contributed by atoms with Crippen molar-refractivity contribution >= 4 is 5.91 Å². The lowest BCUT2D eigenvalue weighted by Crippen LogP contribution is -2.35. The highest BCUT2D eigenvalue weighted by Crippen LogP contribution is 2.39. The van der Waals surface area contributed by atoms with Gasteiger partial charge in [0, 0.05) is 19.1 Å². The zero-order valence-electron chi connectivity index (χ0n) is 12.9. The molecule has 2 heterocycles. The van der Waals surface area contributed by atoms with Gasteiger partial charge in [-0.15, -0.1) is 0 Å². The zero-order valence-corrected chi connectivity index (χ0v) is 12.9. The van der Waals surface area contributed by atoms with Gasteiger partial charge < -0.3 is 4.90 Å². The van der Waals surface area contributed by atoms with Gasteiger partial charge in [-0.25, -0.2) is 4.39 Å². The topological polar surface area (TPSA) is 23.6 Å². The van der Waals surface area contributed by atoms with Crippen LogP contribution in [0, 0.1) is 5.82 Å². The molecular formula is C19H19FN2O. The third-order valence-corrected chi connectivity index (χ3v) is 4.90. The molecule has 1 amide bonds. The minimum absolute atomic E-state index is 0.0872. The number of nitrogens with zero attached hydrogens (tertiary/aromatic N) is 2. The fourth-order valence-corrected chi connectivity index (χ4v) is 3.86. The van der Waals surface area contributed by atoms with E-state index in [9.17, 15) is 9.18 Å². The fraction of sp³-hybridized carbons (Fsp3) is 0.316. The molecule has 2 saturated heterocycles. The highest BCUT2D eigenvalue weighted by molar-refractivity contribution is 5.95. The van der Waals surface area contributed by atoms with Crippen LogP contribution in [0.25, 0.3) is 0 Å². The molecule has 0 spiro atoms. The molecule has 2 aliphatic heterocycles. The molecule has 0 N–H and O–H groups in total. The number of hydrogen-bond acceptors (Lipinski definition) is 2. The van der Waals surface area contributed by atoms with Crippen molar-refractivity contribution < 1.29 is 9.18 Å². The van der Waals surface area contributed by atoms with Crippen LogP contribution in [0.2, 0.25) is 0 Å². The van der Waals surface area contributed by atoms with E-state index in [0.29, 0.717) is 12.6 Å². The predicted octanol–water partition coefficient (Wildman–Crippen LogP) is 3.44. The van der Waals surface area contributed by atoms with E-state index in [1.807, 2.05) is 35.2 Å². The van der Waals surface area contributed by atoms with Crippen molar-refractivity contribution in [3.8, 4) is 0 Å². The summed E-state index contributed by atoms with van der Waals surface area (Å²) in [5.74, 6) is -0.664. The average molecular weight is 310 g/mol. The van der Waals surface area contributed by atoms with Crippen molar-refractivity contribution in [1.29, 1.82) is 0 Å². The van der Waals surface area contributed by atoms with Crippen LogP contribution in [0.5, 0.6) is 0 Å². The first-order chi connectivity index (χ1) is 11.3. The van der Waals surface area contributed by atoms with Crippen LogP contribution in [-0.2, 0) is 0 Å². The first kappa shape index (κ1) is 14.4. The van der Waals surface area contributed by atoms with E-state index < -0.39 is 5.82 Å². The van der Waals surface area contributed by atoms with Gasteiger partial charge in [0.05, 0.1) is 5.56 Å². The highest BCUT2D eigenvalue weighted by atomic mass is 19.1. The number of hydrogen-bond donors (Lipinski definition) is 0. The Morgan fingerprint density at radius 1 is 1.04 bits per heavy atom. The van der Waals surface area contributed by atoms with Crippen LogP contribution in [-0.4, -0.2) is 34.8 Å². The van der Waals surface area contributed by atoms with Gasteiger partial charge in [-0.3, -0.25) is 9.69 Å². The van der Waals surface area contributed by atoms with Gasteiger partial charge in [-0.1, -0.05) is 42.5 Å². The molecule has 0 bridgehead atoms. The molecule has 0 aliphatic carbocycles. The summed E-state index contributed by atoms with van der Waals surface area (Å²) in [4.78, 5) is 17.2. The van der Waals surface area contributed by atoms with Gasteiger partial charge >= 0.3 is 0 Å². The second kappa shape index (κ2) is 5.78. The van der Waals surface area contributed by atoms with E-state index in [4.69, 9.17) is 0 Å². The number of amides is 1. The highest BCUT2D eigenvalue weighted by Gasteiger charge is 2.45.